The molecule has 0 radical (unpaired) electrons. The smallest absolute Gasteiger partial charge is 0.312 e. The molecule has 0 spiro atoms. The Morgan fingerprint density at radius 1 is 1.06 bits per heavy atom. The van der Waals surface area contributed by atoms with Crippen molar-refractivity contribution >= 4 is 52.1 Å². The lowest BCUT2D eigenvalue weighted by Gasteiger charge is -2.36. The number of rotatable bonds is 5. The number of amides is 1. The van der Waals surface area contributed by atoms with Crippen LogP contribution in [0.1, 0.15) is 44.2 Å². The van der Waals surface area contributed by atoms with Crippen LogP contribution in [-0.2, 0) is 4.79 Å². The third kappa shape index (κ3) is 5.78. The van der Waals surface area contributed by atoms with E-state index in [1.54, 1.807) is 12.1 Å². The van der Waals surface area contributed by atoms with Gasteiger partial charge in [-0.25, -0.2) is 4.59 Å². The molecule has 2 heterocycles. The average molecular weight is 622 g/mol. The van der Waals surface area contributed by atoms with Gasteiger partial charge in [0.15, 0.2) is 0 Å². The van der Waals surface area contributed by atoms with Crippen LogP contribution in [0.25, 0.3) is 0 Å². The van der Waals surface area contributed by atoms with Crippen LogP contribution in [0.4, 0.5) is 5.69 Å². The minimum absolute atomic E-state index is 0. The Morgan fingerprint density at radius 3 is 2.30 bits per heavy atom. The molecule has 33 heavy (non-hydrogen) atoms. The molecule has 0 unspecified atom stereocenters. The first-order valence-corrected chi connectivity index (χ1v) is 12.2. The third-order valence-electron chi connectivity index (χ3n) is 6.43. The maximum absolute atomic E-state index is 13.5. The molecule has 1 saturated heterocycles. The number of benzene rings is 2. The first-order chi connectivity index (χ1) is 15.3. The molecule has 0 bridgehead atoms. The number of carbonyl (C=O) groups is 1. The summed E-state index contributed by atoms with van der Waals surface area (Å²) in [6.45, 7) is 3.95. The van der Waals surface area contributed by atoms with Gasteiger partial charge in [0.1, 0.15) is 18.8 Å². The summed E-state index contributed by atoms with van der Waals surface area (Å²) in [5, 5.41) is 8.42. The number of hydrazone groups is 1. The number of hydrogen-bond donors (Lipinski definition) is 1. The molecule has 2 aliphatic heterocycles. The van der Waals surface area contributed by atoms with Crippen LogP contribution in [0.3, 0.4) is 0 Å². The van der Waals surface area contributed by atoms with Crippen molar-refractivity contribution in [2.24, 2.45) is 11.0 Å². The number of anilines is 1. The summed E-state index contributed by atoms with van der Waals surface area (Å²) in [6, 6.07) is 12.9. The van der Waals surface area contributed by atoms with E-state index in [1.807, 2.05) is 35.3 Å². The average Bonchev–Trinajstić information content (AvgIpc) is 3.14. The largest absolute Gasteiger partial charge is 1.00 e. The first-order valence-electron chi connectivity index (χ1n) is 11.1. The Bertz CT molecular complexity index is 1020. The lowest BCUT2D eigenvalue weighted by atomic mass is 9.87. The van der Waals surface area contributed by atoms with E-state index in [0.29, 0.717) is 25.4 Å². The van der Waals surface area contributed by atoms with Crippen molar-refractivity contribution in [2.45, 2.75) is 38.6 Å². The van der Waals surface area contributed by atoms with Gasteiger partial charge in [-0.05, 0) is 61.6 Å². The van der Waals surface area contributed by atoms with Gasteiger partial charge in [0.05, 0.1) is 23.8 Å². The summed E-state index contributed by atoms with van der Waals surface area (Å²) in [5.74, 6) is -0.216. The predicted octanol–water partition coefficient (Wildman–Crippen LogP) is 3.26. The maximum Gasteiger partial charge on any atom is 0.312 e. The van der Waals surface area contributed by atoms with Gasteiger partial charge in [-0.2, -0.15) is 10.5 Å². The van der Waals surface area contributed by atoms with E-state index in [1.165, 1.54) is 6.42 Å². The lowest BCUT2D eigenvalue weighted by Crippen LogP contribution is -3.00. The predicted molar refractivity (Wildman–Crippen MR) is 132 cm³/mol. The summed E-state index contributed by atoms with van der Waals surface area (Å²) in [4.78, 5) is 13.5. The molecule has 5 nitrogen and oxygen atoms in total. The molecule has 0 saturated carbocycles. The molecule has 2 aromatic carbocycles. The molecule has 2 atom stereocenters. The highest BCUT2D eigenvalue weighted by Gasteiger charge is 2.43. The van der Waals surface area contributed by atoms with Crippen LogP contribution in [0.2, 0.25) is 15.1 Å². The fourth-order valence-corrected chi connectivity index (χ4v) is 5.35. The Balaban J connectivity index is 0.00000306. The molecular formula is C24H28Cl3IN4O. The number of carbonyl (C=O) groups excluding carboxylic acids is 1. The van der Waals surface area contributed by atoms with Gasteiger partial charge in [-0.1, -0.05) is 53.9 Å². The summed E-state index contributed by atoms with van der Waals surface area (Å²) in [5.41, 5.74) is 5.52. The normalized spacial score (nSPS) is 21.8. The third-order valence-corrected chi connectivity index (χ3v) is 7.22. The number of quaternary nitrogens is 1. The summed E-state index contributed by atoms with van der Waals surface area (Å²) >= 11 is 18.8. The van der Waals surface area contributed by atoms with Crippen molar-refractivity contribution in [1.29, 1.82) is 0 Å². The standard InChI is InChI=1S/C24H27Cl3N4O.HI/c1-3-19-22(24(32)29-31(2)13-5-4-6-14-31)28-30(21-12-11-18(26)15-20(21)27)23(19)16-7-9-17(25)10-8-16;/h7-12,15,19,23H,3-6,13-14H2,1-2H3;1H/t19-,23+;/m1./s1. The summed E-state index contributed by atoms with van der Waals surface area (Å²) in [6.07, 6.45) is 4.19. The minimum Gasteiger partial charge on any atom is -1.00 e. The van der Waals surface area contributed by atoms with E-state index in [-0.39, 0.29) is 41.8 Å². The van der Waals surface area contributed by atoms with E-state index >= 15 is 0 Å². The van der Waals surface area contributed by atoms with Gasteiger partial charge in [0, 0.05) is 16.0 Å². The van der Waals surface area contributed by atoms with E-state index in [2.05, 4.69) is 19.4 Å². The quantitative estimate of drug-likeness (QED) is 0.412. The SMILES string of the molecule is CC[C@@H]1C(C(=O)N[N+]2(C)CCCCC2)=NN(c2ccc(Cl)cc2Cl)[C@H]1c1ccc(Cl)cc1.[I-]. The fourth-order valence-electron chi connectivity index (χ4n) is 4.73. The highest BCUT2D eigenvalue weighted by Crippen LogP contribution is 2.43. The molecule has 178 valence electrons. The molecule has 2 aliphatic rings. The van der Waals surface area contributed by atoms with Crippen molar-refractivity contribution in [3.05, 3.63) is 63.1 Å². The molecule has 1 N–H and O–H groups in total. The topological polar surface area (TPSA) is 44.7 Å². The van der Waals surface area contributed by atoms with Crippen LogP contribution < -0.4 is 34.4 Å². The highest BCUT2D eigenvalue weighted by atomic mass is 127. The van der Waals surface area contributed by atoms with E-state index in [9.17, 15) is 4.79 Å². The first kappa shape index (κ1) is 26.5. The van der Waals surface area contributed by atoms with Gasteiger partial charge < -0.3 is 24.0 Å². The minimum atomic E-state index is -0.177. The van der Waals surface area contributed by atoms with Gasteiger partial charge in [0.25, 0.3) is 0 Å². The highest BCUT2D eigenvalue weighted by molar-refractivity contribution is 6.40. The molecule has 0 aromatic heterocycles. The second-order valence-electron chi connectivity index (χ2n) is 8.78. The molecule has 4 rings (SSSR count). The fraction of sp³-hybridized carbons (Fsp3) is 0.417. The monoisotopic (exact) mass is 620 g/mol. The van der Waals surface area contributed by atoms with E-state index in [4.69, 9.17) is 39.9 Å². The van der Waals surface area contributed by atoms with Crippen molar-refractivity contribution < 1.29 is 33.4 Å². The maximum atomic E-state index is 13.5. The van der Waals surface area contributed by atoms with Crippen LogP contribution in [0, 0.1) is 5.92 Å². The summed E-state index contributed by atoms with van der Waals surface area (Å²) < 4.78 is 0.543. The van der Waals surface area contributed by atoms with Crippen molar-refractivity contribution in [2.75, 3.05) is 25.1 Å². The Labute approximate surface area is 227 Å². The van der Waals surface area contributed by atoms with Crippen molar-refractivity contribution in [1.82, 2.24) is 5.43 Å². The van der Waals surface area contributed by atoms with Gasteiger partial charge >= 0.3 is 5.91 Å². The molecule has 0 aliphatic carbocycles. The molecule has 1 fully saturated rings. The van der Waals surface area contributed by atoms with Gasteiger partial charge in [0.2, 0.25) is 0 Å². The Kier molecular flexibility index (Phi) is 8.94. The molecule has 1 amide bonds. The zero-order chi connectivity index (χ0) is 22.9. The molecule has 9 heteroatoms. The number of nitrogens with zero attached hydrogens (tertiary/aromatic N) is 3. The van der Waals surface area contributed by atoms with Gasteiger partial charge in [-0.15, -0.1) is 0 Å². The van der Waals surface area contributed by atoms with E-state index in [0.717, 1.165) is 43.6 Å². The van der Waals surface area contributed by atoms with Crippen LogP contribution in [-0.4, -0.2) is 36.3 Å². The zero-order valence-corrected chi connectivity index (χ0v) is 23.1. The van der Waals surface area contributed by atoms with Crippen LogP contribution >= 0.6 is 34.8 Å². The zero-order valence-electron chi connectivity index (χ0n) is 18.7. The van der Waals surface area contributed by atoms with Gasteiger partial charge in [-0.3, -0.25) is 9.80 Å². The van der Waals surface area contributed by atoms with Crippen molar-refractivity contribution in [3.8, 4) is 0 Å². The molecular weight excluding hydrogens is 594 g/mol. The van der Waals surface area contributed by atoms with Crippen molar-refractivity contribution in [3.63, 3.8) is 0 Å². The second-order valence-corrected chi connectivity index (χ2v) is 10.1. The van der Waals surface area contributed by atoms with E-state index < -0.39 is 0 Å². The van der Waals surface area contributed by atoms with Crippen LogP contribution in [0.15, 0.2) is 47.6 Å². The lowest BCUT2D eigenvalue weighted by molar-refractivity contribution is -0.947. The number of piperidine rings is 1. The number of nitrogens with one attached hydrogen (secondary N) is 1. The number of likely N-dealkylation sites (tertiary alicyclic amines) is 1. The second kappa shape index (κ2) is 11.1. The molecule has 2 aromatic rings. The number of halogens is 4. The summed E-state index contributed by atoms with van der Waals surface area (Å²) in [7, 11) is 2.08. The van der Waals surface area contributed by atoms with Crippen LogP contribution in [0.5, 0.6) is 0 Å². The Hall–Kier alpha value is -1.06. The Morgan fingerprint density at radius 2 is 1.70 bits per heavy atom. The number of hydrogen-bond acceptors (Lipinski definition) is 3.